The van der Waals surface area contributed by atoms with E-state index in [1.165, 1.54) is 99.1 Å². The predicted octanol–water partition coefficient (Wildman–Crippen LogP) is 5.62. The second-order valence-corrected chi connectivity index (χ2v) is 11.2. The Morgan fingerprint density at radius 1 is 0.969 bits per heavy atom. The van der Waals surface area contributed by atoms with Crippen LogP contribution in [0.2, 0.25) is 0 Å². The minimum absolute atomic E-state index is 0.620. The molecule has 0 unspecified atom stereocenters. The molecule has 0 amide bonds. The summed E-state index contributed by atoms with van der Waals surface area (Å²) in [5, 5.41) is 4.81. The molecule has 2 aliphatic heterocycles. The third-order valence-electron chi connectivity index (χ3n) is 8.24. The highest BCUT2D eigenvalue weighted by Crippen LogP contribution is 2.39. The van der Waals surface area contributed by atoms with Gasteiger partial charge in [0.1, 0.15) is 5.65 Å². The largest absolute Gasteiger partial charge is 0.345 e. The number of hydrogen-bond acceptors (Lipinski definition) is 5. The van der Waals surface area contributed by atoms with Crippen molar-refractivity contribution in [2.75, 3.05) is 33.2 Å². The van der Waals surface area contributed by atoms with Gasteiger partial charge in [0.15, 0.2) is 0 Å². The van der Waals surface area contributed by atoms with Crippen LogP contribution < -0.4 is 0 Å². The molecule has 1 N–H and O–H groups in total. The first-order valence-corrected chi connectivity index (χ1v) is 13.5. The maximum atomic E-state index is 5.09. The summed E-state index contributed by atoms with van der Waals surface area (Å²) >= 11 is 1.84. The summed E-state index contributed by atoms with van der Waals surface area (Å²) in [6.45, 7) is 5.01. The molecule has 32 heavy (non-hydrogen) atoms. The summed E-state index contributed by atoms with van der Waals surface area (Å²) in [6.07, 6.45) is 14.7. The maximum Gasteiger partial charge on any atom is 0.137 e. The molecule has 2 saturated heterocycles. The van der Waals surface area contributed by atoms with E-state index >= 15 is 0 Å². The van der Waals surface area contributed by atoms with Crippen molar-refractivity contribution in [1.29, 1.82) is 0 Å². The van der Waals surface area contributed by atoms with Crippen LogP contribution in [0.3, 0.4) is 0 Å². The number of H-pyrrole nitrogens is 1. The van der Waals surface area contributed by atoms with Crippen molar-refractivity contribution >= 4 is 22.4 Å². The van der Waals surface area contributed by atoms with Gasteiger partial charge in [-0.1, -0.05) is 0 Å². The third-order valence-corrected chi connectivity index (χ3v) is 9.25. The number of hydrogen-bond donors (Lipinski definition) is 1. The molecule has 6 rings (SSSR count). The van der Waals surface area contributed by atoms with E-state index in [0.29, 0.717) is 11.8 Å². The molecule has 0 bridgehead atoms. The van der Waals surface area contributed by atoms with Gasteiger partial charge in [-0.25, -0.2) is 9.97 Å². The molecule has 1 saturated carbocycles. The molecule has 6 heteroatoms. The quantitative estimate of drug-likeness (QED) is 0.562. The van der Waals surface area contributed by atoms with Crippen LogP contribution in [0.5, 0.6) is 0 Å². The van der Waals surface area contributed by atoms with Crippen LogP contribution in [0.15, 0.2) is 23.8 Å². The Balaban J connectivity index is 1.20. The Kier molecular flexibility index (Phi) is 5.78. The highest BCUT2D eigenvalue weighted by atomic mass is 32.1. The van der Waals surface area contributed by atoms with Crippen LogP contribution in [-0.2, 0) is 0 Å². The average Bonchev–Trinajstić information content (AvgIpc) is 3.60. The normalized spacial score (nSPS) is 26.3. The lowest BCUT2D eigenvalue weighted by atomic mass is 9.81. The first-order valence-electron chi connectivity index (χ1n) is 12.6. The minimum atomic E-state index is 0.620. The van der Waals surface area contributed by atoms with Crippen molar-refractivity contribution in [2.45, 2.75) is 69.2 Å². The molecule has 0 atom stereocenters. The second-order valence-electron chi connectivity index (χ2n) is 10.3. The Labute approximate surface area is 195 Å². The van der Waals surface area contributed by atoms with E-state index < -0.39 is 0 Å². The van der Waals surface area contributed by atoms with Gasteiger partial charge in [-0.3, -0.25) is 0 Å². The maximum absolute atomic E-state index is 5.09. The lowest BCUT2D eigenvalue weighted by Crippen LogP contribution is -2.35. The standard InChI is InChI=1S/C26H35N5S/c1-30-12-8-19(9-13-30)26-29-24(17-32-26)23-16-28-25-22(23)14-20(15-27-25)18-4-6-21(7-5-18)31-10-2-3-11-31/h14-19,21H,2-13H2,1H3,(H,27,28). The van der Waals surface area contributed by atoms with Gasteiger partial charge in [0.25, 0.3) is 0 Å². The smallest absolute Gasteiger partial charge is 0.137 e. The van der Waals surface area contributed by atoms with E-state index in [1.54, 1.807) is 0 Å². The van der Waals surface area contributed by atoms with Crippen LogP contribution in [-0.4, -0.2) is 64.0 Å². The topological polar surface area (TPSA) is 48.1 Å². The van der Waals surface area contributed by atoms with Gasteiger partial charge in [0.05, 0.1) is 10.7 Å². The van der Waals surface area contributed by atoms with E-state index in [-0.39, 0.29) is 0 Å². The highest BCUT2D eigenvalue weighted by molar-refractivity contribution is 7.10. The van der Waals surface area contributed by atoms with Gasteiger partial charge in [-0.15, -0.1) is 11.3 Å². The zero-order valence-electron chi connectivity index (χ0n) is 19.2. The van der Waals surface area contributed by atoms with Crippen LogP contribution in [0.25, 0.3) is 22.3 Å². The van der Waals surface area contributed by atoms with Crippen LogP contribution in [0.4, 0.5) is 0 Å². The fraction of sp³-hybridized carbons (Fsp3) is 0.615. The molecule has 5 nitrogen and oxygen atoms in total. The molecule has 5 heterocycles. The lowest BCUT2D eigenvalue weighted by molar-refractivity contribution is 0.182. The molecule has 3 fully saturated rings. The molecule has 3 aromatic heterocycles. The Morgan fingerprint density at radius 3 is 2.53 bits per heavy atom. The number of fused-ring (bicyclic) bond motifs is 1. The fourth-order valence-electron chi connectivity index (χ4n) is 6.19. The molecular weight excluding hydrogens is 414 g/mol. The molecule has 3 aromatic rings. The summed E-state index contributed by atoms with van der Waals surface area (Å²) in [7, 11) is 2.22. The fourth-order valence-corrected chi connectivity index (χ4v) is 7.18. The van der Waals surface area contributed by atoms with E-state index in [1.807, 2.05) is 11.3 Å². The number of nitrogens with zero attached hydrogens (tertiary/aromatic N) is 4. The van der Waals surface area contributed by atoms with Gasteiger partial charge in [-0.2, -0.15) is 0 Å². The van der Waals surface area contributed by atoms with Gasteiger partial charge in [0, 0.05) is 40.7 Å². The van der Waals surface area contributed by atoms with E-state index in [2.05, 4.69) is 45.7 Å². The predicted molar refractivity (Wildman–Crippen MR) is 132 cm³/mol. The lowest BCUT2D eigenvalue weighted by Gasteiger charge is -2.34. The number of aromatic nitrogens is 3. The minimum Gasteiger partial charge on any atom is -0.345 e. The number of rotatable bonds is 4. The third kappa shape index (κ3) is 4.02. The van der Waals surface area contributed by atoms with E-state index in [0.717, 1.165) is 17.4 Å². The van der Waals surface area contributed by atoms with Crippen LogP contribution in [0.1, 0.15) is 73.8 Å². The van der Waals surface area contributed by atoms with Crippen molar-refractivity contribution in [1.82, 2.24) is 24.8 Å². The summed E-state index contributed by atoms with van der Waals surface area (Å²) in [5.41, 5.74) is 4.75. The average molecular weight is 450 g/mol. The van der Waals surface area contributed by atoms with Crippen LogP contribution in [0, 0.1) is 0 Å². The SMILES string of the molecule is CN1CCC(c2nc(-c3c[nH]c4ncc(C5CCC(N6CCCC6)CC5)cc34)cs2)CC1. The summed E-state index contributed by atoms with van der Waals surface area (Å²) in [5.74, 6) is 1.27. The van der Waals surface area contributed by atoms with Crippen molar-refractivity contribution in [3.8, 4) is 11.3 Å². The monoisotopic (exact) mass is 449 g/mol. The van der Waals surface area contributed by atoms with Crippen molar-refractivity contribution in [2.24, 2.45) is 0 Å². The molecule has 3 aliphatic rings. The molecule has 0 spiro atoms. The molecule has 0 aromatic carbocycles. The number of aromatic amines is 1. The summed E-state index contributed by atoms with van der Waals surface area (Å²) in [4.78, 5) is 18.5. The summed E-state index contributed by atoms with van der Waals surface area (Å²) < 4.78 is 0. The Hall–Kier alpha value is -1.76. The Morgan fingerprint density at radius 2 is 1.75 bits per heavy atom. The van der Waals surface area contributed by atoms with Crippen LogP contribution >= 0.6 is 11.3 Å². The van der Waals surface area contributed by atoms with Gasteiger partial charge in [-0.05, 0) is 102 Å². The zero-order valence-corrected chi connectivity index (χ0v) is 20.0. The molecular formula is C26H35N5S. The number of likely N-dealkylation sites (tertiary alicyclic amines) is 2. The first kappa shape index (κ1) is 20.8. The van der Waals surface area contributed by atoms with E-state index in [4.69, 9.17) is 9.97 Å². The molecule has 0 radical (unpaired) electrons. The van der Waals surface area contributed by atoms with Gasteiger partial charge >= 0.3 is 0 Å². The summed E-state index contributed by atoms with van der Waals surface area (Å²) in [6, 6.07) is 3.23. The number of thiazole rings is 1. The highest BCUT2D eigenvalue weighted by Gasteiger charge is 2.28. The van der Waals surface area contributed by atoms with Gasteiger partial charge in [0.2, 0.25) is 0 Å². The second kappa shape index (κ2) is 8.88. The van der Waals surface area contributed by atoms with Crippen molar-refractivity contribution < 1.29 is 0 Å². The number of piperidine rings is 1. The first-order chi connectivity index (χ1) is 15.7. The van der Waals surface area contributed by atoms with Gasteiger partial charge < -0.3 is 14.8 Å². The zero-order chi connectivity index (χ0) is 21.5. The molecule has 170 valence electrons. The van der Waals surface area contributed by atoms with E-state index in [9.17, 15) is 0 Å². The van der Waals surface area contributed by atoms with Crippen molar-refractivity contribution in [3.05, 3.63) is 34.4 Å². The Bertz CT molecular complexity index is 1050. The van der Waals surface area contributed by atoms with Crippen molar-refractivity contribution in [3.63, 3.8) is 0 Å². The number of pyridine rings is 1. The molecule has 1 aliphatic carbocycles. The number of nitrogens with one attached hydrogen (secondary N) is 1.